The second-order valence-corrected chi connectivity index (χ2v) is 4.83. The molecule has 0 amide bonds. The van der Waals surface area contributed by atoms with Crippen LogP contribution in [0.15, 0.2) is 47.5 Å². The lowest BCUT2D eigenvalue weighted by Crippen LogP contribution is -1.94. The Balaban J connectivity index is 2.03. The Morgan fingerprint density at radius 3 is 2.78 bits per heavy atom. The van der Waals surface area contributed by atoms with E-state index in [4.69, 9.17) is 16.3 Å². The van der Waals surface area contributed by atoms with Crippen LogP contribution in [0.4, 0.5) is 0 Å². The summed E-state index contributed by atoms with van der Waals surface area (Å²) in [5, 5.41) is 0.663. The van der Waals surface area contributed by atoms with Gasteiger partial charge in [0.1, 0.15) is 10.4 Å². The van der Waals surface area contributed by atoms with Crippen molar-refractivity contribution in [2.45, 2.75) is 0 Å². The van der Waals surface area contributed by atoms with Gasteiger partial charge in [0.2, 0.25) is 5.65 Å². The molecule has 90 valence electrons. The average Bonchev–Trinajstić information content (AvgIpc) is 2.80. The minimum absolute atomic E-state index is 0.441. The molecule has 0 saturated carbocycles. The molecule has 1 aromatic carbocycles. The highest BCUT2D eigenvalue weighted by Crippen LogP contribution is 2.26. The second-order valence-electron chi connectivity index (χ2n) is 3.58. The Morgan fingerprint density at radius 2 is 2.00 bits per heavy atom. The molecular formula is C12H7BrClN3O. The first-order valence-electron chi connectivity index (χ1n) is 5.15. The molecule has 0 atom stereocenters. The summed E-state index contributed by atoms with van der Waals surface area (Å²) in [6.07, 6.45) is 5.34. The number of imidazole rings is 1. The number of hydrogen-bond donors (Lipinski definition) is 0. The summed E-state index contributed by atoms with van der Waals surface area (Å²) in [4.78, 5) is 8.47. The van der Waals surface area contributed by atoms with Gasteiger partial charge in [-0.1, -0.05) is 11.6 Å². The van der Waals surface area contributed by atoms with Gasteiger partial charge < -0.3 is 4.74 Å². The van der Waals surface area contributed by atoms with Gasteiger partial charge in [-0.05, 0) is 40.2 Å². The highest BCUT2D eigenvalue weighted by Gasteiger charge is 2.08. The molecule has 6 heteroatoms. The summed E-state index contributed by atoms with van der Waals surface area (Å²) in [7, 11) is 0. The molecule has 0 aliphatic heterocycles. The molecule has 0 aliphatic rings. The zero-order valence-corrected chi connectivity index (χ0v) is 11.4. The monoisotopic (exact) mass is 323 g/mol. The van der Waals surface area contributed by atoms with Gasteiger partial charge in [0.05, 0.1) is 0 Å². The molecule has 0 saturated heterocycles. The predicted octanol–water partition coefficient (Wildman–Crippen LogP) is 3.94. The first-order valence-corrected chi connectivity index (χ1v) is 6.32. The van der Waals surface area contributed by atoms with E-state index in [0.717, 1.165) is 0 Å². The third-order valence-electron chi connectivity index (χ3n) is 2.34. The van der Waals surface area contributed by atoms with Gasteiger partial charge in [-0.25, -0.2) is 9.97 Å². The molecule has 0 fully saturated rings. The lowest BCUT2D eigenvalue weighted by Gasteiger charge is -2.06. The van der Waals surface area contributed by atoms with Gasteiger partial charge in [0.25, 0.3) is 5.88 Å². The number of aromatic nitrogens is 3. The van der Waals surface area contributed by atoms with E-state index in [0.29, 0.717) is 26.9 Å². The first-order chi connectivity index (χ1) is 8.72. The maximum atomic E-state index is 5.82. The van der Waals surface area contributed by atoms with Gasteiger partial charge in [0.15, 0.2) is 0 Å². The Hall–Kier alpha value is -1.59. The zero-order chi connectivity index (χ0) is 12.5. The van der Waals surface area contributed by atoms with E-state index in [1.165, 1.54) is 0 Å². The normalized spacial score (nSPS) is 10.8. The van der Waals surface area contributed by atoms with E-state index in [1.807, 2.05) is 16.8 Å². The van der Waals surface area contributed by atoms with Crippen molar-refractivity contribution in [3.8, 4) is 11.6 Å². The molecule has 3 aromatic rings. The van der Waals surface area contributed by atoms with E-state index in [1.54, 1.807) is 30.5 Å². The average molecular weight is 325 g/mol. The molecule has 0 bridgehead atoms. The third-order valence-corrected chi connectivity index (χ3v) is 2.98. The molecule has 2 heterocycles. The number of nitrogens with zero attached hydrogens (tertiary/aromatic N) is 3. The molecule has 0 unspecified atom stereocenters. The van der Waals surface area contributed by atoms with Crippen molar-refractivity contribution in [1.82, 2.24) is 14.4 Å². The maximum Gasteiger partial charge on any atom is 0.264 e. The van der Waals surface area contributed by atoms with Gasteiger partial charge in [-0.2, -0.15) is 0 Å². The number of fused-ring (bicyclic) bond motifs is 1. The van der Waals surface area contributed by atoms with Gasteiger partial charge in [-0.3, -0.25) is 4.40 Å². The third kappa shape index (κ3) is 2.19. The number of ether oxygens (including phenoxy) is 1. The lowest BCUT2D eigenvalue weighted by atomic mass is 10.3. The van der Waals surface area contributed by atoms with E-state index >= 15 is 0 Å². The molecule has 2 aromatic heterocycles. The van der Waals surface area contributed by atoms with Gasteiger partial charge >= 0.3 is 0 Å². The first kappa shape index (κ1) is 11.5. The summed E-state index contributed by atoms with van der Waals surface area (Å²) < 4.78 is 8.22. The largest absolute Gasteiger partial charge is 0.436 e. The Labute approximate surface area is 116 Å². The van der Waals surface area contributed by atoms with Crippen molar-refractivity contribution in [2.24, 2.45) is 0 Å². The van der Waals surface area contributed by atoms with E-state index < -0.39 is 0 Å². The molecular weight excluding hydrogens is 318 g/mol. The van der Waals surface area contributed by atoms with Crippen molar-refractivity contribution < 1.29 is 4.74 Å². The van der Waals surface area contributed by atoms with Crippen molar-refractivity contribution in [2.75, 3.05) is 0 Å². The van der Waals surface area contributed by atoms with Crippen LogP contribution < -0.4 is 4.74 Å². The fourth-order valence-electron chi connectivity index (χ4n) is 1.56. The van der Waals surface area contributed by atoms with Crippen LogP contribution in [0.25, 0.3) is 5.65 Å². The molecule has 0 aliphatic carbocycles. The smallest absolute Gasteiger partial charge is 0.264 e. The molecule has 0 radical (unpaired) electrons. The van der Waals surface area contributed by atoms with E-state index in [-0.39, 0.29) is 0 Å². The summed E-state index contributed by atoms with van der Waals surface area (Å²) in [5.41, 5.74) is 0.660. The van der Waals surface area contributed by atoms with Crippen LogP contribution >= 0.6 is 27.5 Å². The highest BCUT2D eigenvalue weighted by atomic mass is 79.9. The van der Waals surface area contributed by atoms with Crippen molar-refractivity contribution in [3.63, 3.8) is 0 Å². The van der Waals surface area contributed by atoms with Gasteiger partial charge in [-0.15, -0.1) is 0 Å². The van der Waals surface area contributed by atoms with Crippen molar-refractivity contribution >= 4 is 33.2 Å². The topological polar surface area (TPSA) is 39.4 Å². The van der Waals surface area contributed by atoms with Crippen molar-refractivity contribution in [1.29, 1.82) is 0 Å². The van der Waals surface area contributed by atoms with Crippen LogP contribution in [-0.2, 0) is 0 Å². The Kier molecular flexibility index (Phi) is 2.93. The van der Waals surface area contributed by atoms with Crippen LogP contribution in [0.3, 0.4) is 0 Å². The minimum Gasteiger partial charge on any atom is -0.436 e. The Bertz CT molecular complexity index is 696. The predicted molar refractivity (Wildman–Crippen MR) is 72.2 cm³/mol. The van der Waals surface area contributed by atoms with Crippen LogP contribution in [0.2, 0.25) is 5.02 Å². The molecule has 0 N–H and O–H groups in total. The van der Waals surface area contributed by atoms with E-state index in [2.05, 4.69) is 25.9 Å². The number of halogens is 2. The summed E-state index contributed by atoms with van der Waals surface area (Å²) in [5.74, 6) is 1.10. The minimum atomic E-state index is 0.441. The number of hydrogen-bond acceptors (Lipinski definition) is 3. The summed E-state index contributed by atoms with van der Waals surface area (Å²) >= 11 is 9.15. The van der Waals surface area contributed by atoms with Crippen LogP contribution in [0.5, 0.6) is 11.6 Å². The number of rotatable bonds is 2. The quantitative estimate of drug-likeness (QED) is 0.717. The van der Waals surface area contributed by atoms with Crippen molar-refractivity contribution in [3.05, 3.63) is 52.5 Å². The lowest BCUT2D eigenvalue weighted by molar-refractivity contribution is 0.464. The van der Waals surface area contributed by atoms with Crippen LogP contribution in [0, 0.1) is 0 Å². The second kappa shape index (κ2) is 4.59. The Morgan fingerprint density at radius 1 is 1.22 bits per heavy atom. The highest BCUT2D eigenvalue weighted by molar-refractivity contribution is 9.10. The summed E-state index contributed by atoms with van der Waals surface area (Å²) in [6.45, 7) is 0. The van der Waals surface area contributed by atoms with E-state index in [9.17, 15) is 0 Å². The fourth-order valence-corrected chi connectivity index (χ4v) is 2.06. The molecule has 18 heavy (non-hydrogen) atoms. The van der Waals surface area contributed by atoms with Crippen LogP contribution in [-0.4, -0.2) is 14.4 Å². The molecule has 0 spiro atoms. The standard InChI is InChI=1S/C12H7BrClN3O/c13-10-7-17-6-5-15-11(17)12(16-10)18-9-3-1-8(14)2-4-9/h1-7H. The van der Waals surface area contributed by atoms with Gasteiger partial charge in [0, 0.05) is 23.6 Å². The molecule has 3 rings (SSSR count). The number of benzene rings is 1. The molecule has 4 nitrogen and oxygen atoms in total. The van der Waals surface area contributed by atoms with Crippen LogP contribution in [0.1, 0.15) is 0 Å². The fraction of sp³-hybridized carbons (Fsp3) is 0. The maximum absolute atomic E-state index is 5.82. The SMILES string of the molecule is Clc1ccc(Oc2nc(Br)cn3ccnc23)cc1. The summed E-state index contributed by atoms with van der Waals surface area (Å²) in [6, 6.07) is 7.09. The zero-order valence-electron chi connectivity index (χ0n) is 9.05.